The van der Waals surface area contributed by atoms with Gasteiger partial charge in [-0.15, -0.1) is 0 Å². The number of ether oxygens (including phenoxy) is 3. The van der Waals surface area contributed by atoms with E-state index in [1.165, 1.54) is 122 Å². The number of esters is 1. The monoisotopic (exact) mass is 908 g/mol. The van der Waals surface area contributed by atoms with E-state index in [0.717, 1.165) is 70.6 Å². The molecule has 64 heavy (non-hydrogen) atoms. The first-order valence-electron chi connectivity index (χ1n) is 26.3. The molecule has 7 unspecified atom stereocenters. The Bertz CT molecular complexity index is 1160. The normalized spacial score (nSPS) is 20.1. The van der Waals surface area contributed by atoms with Crippen LogP contribution in [-0.4, -0.2) is 100 Å². The molecule has 1 rings (SSSR count). The van der Waals surface area contributed by atoms with Crippen LogP contribution in [0.25, 0.3) is 0 Å². The molecule has 1 heterocycles. The van der Waals surface area contributed by atoms with Gasteiger partial charge in [0.05, 0.1) is 32.0 Å². The minimum Gasteiger partial charge on any atom is -0.466 e. The number of carbonyl (C=O) groups is 2. The van der Waals surface area contributed by atoms with Gasteiger partial charge in [-0.05, 0) is 51.4 Å². The number of nitrogens with one attached hydrogen (secondary N) is 1. The summed E-state index contributed by atoms with van der Waals surface area (Å²) >= 11 is 0. The Kier molecular flexibility index (Phi) is 40.7. The molecule has 11 heteroatoms. The van der Waals surface area contributed by atoms with E-state index in [1.54, 1.807) is 6.08 Å². The molecule has 0 bridgehead atoms. The molecule has 0 spiro atoms. The summed E-state index contributed by atoms with van der Waals surface area (Å²) in [7, 11) is 0. The number of hydrogen-bond donors (Lipinski definition) is 6. The zero-order valence-corrected chi connectivity index (χ0v) is 40.7. The maximum absolute atomic E-state index is 12.9. The highest BCUT2D eigenvalue weighted by molar-refractivity contribution is 5.76. The molecule has 1 fully saturated rings. The number of hydrogen-bond acceptors (Lipinski definition) is 10. The Morgan fingerprint density at radius 3 is 1.61 bits per heavy atom. The lowest BCUT2D eigenvalue weighted by atomic mass is 9.99. The van der Waals surface area contributed by atoms with Crippen LogP contribution in [-0.2, 0) is 23.8 Å². The van der Waals surface area contributed by atoms with Crippen LogP contribution < -0.4 is 5.32 Å². The molecule has 0 radical (unpaired) electrons. The topological polar surface area (TPSA) is 175 Å². The van der Waals surface area contributed by atoms with Gasteiger partial charge in [0.15, 0.2) is 6.29 Å². The third-order valence-electron chi connectivity index (χ3n) is 12.3. The minimum atomic E-state index is -1.59. The summed E-state index contributed by atoms with van der Waals surface area (Å²) in [4.78, 5) is 25.0. The molecule has 0 aliphatic carbocycles. The third-order valence-corrected chi connectivity index (χ3v) is 12.3. The second kappa shape index (κ2) is 43.5. The molecule has 374 valence electrons. The number of carbonyl (C=O) groups excluding carboxylic acids is 2. The lowest BCUT2D eigenvalue weighted by Gasteiger charge is -2.40. The van der Waals surface area contributed by atoms with Crippen molar-refractivity contribution in [1.82, 2.24) is 5.32 Å². The summed E-state index contributed by atoms with van der Waals surface area (Å²) in [6.07, 6.45) is 41.1. The average Bonchev–Trinajstić information content (AvgIpc) is 3.29. The van der Waals surface area contributed by atoms with Gasteiger partial charge in [-0.2, -0.15) is 0 Å². The molecule has 6 N–H and O–H groups in total. The molecule has 1 aliphatic rings. The smallest absolute Gasteiger partial charge is 0.305 e. The van der Waals surface area contributed by atoms with Gasteiger partial charge >= 0.3 is 5.97 Å². The first kappa shape index (κ1) is 59.9. The van der Waals surface area contributed by atoms with E-state index in [2.05, 4.69) is 31.3 Å². The Morgan fingerprint density at radius 2 is 1.06 bits per heavy atom. The van der Waals surface area contributed by atoms with Crippen molar-refractivity contribution in [2.45, 2.75) is 269 Å². The molecular weight excluding hydrogens is 811 g/mol. The maximum Gasteiger partial charge on any atom is 0.305 e. The zero-order chi connectivity index (χ0) is 46.7. The first-order valence-corrected chi connectivity index (χ1v) is 26.3. The van der Waals surface area contributed by atoms with E-state index < -0.39 is 49.5 Å². The van der Waals surface area contributed by atoms with Crippen LogP contribution in [0.3, 0.4) is 0 Å². The lowest BCUT2D eigenvalue weighted by molar-refractivity contribution is -0.302. The standard InChI is InChI=1S/C53H97NO10/c1-3-5-7-9-11-13-14-15-18-21-25-29-33-37-41-49(58)62-42-38-34-30-26-22-19-16-17-20-24-28-32-36-40-48(57)54-45(46(56)39-35-31-27-23-12-10-8-6-4-2)44-63-53-52(61)51(60)50(59)47(43-55)64-53/h17,20,28,32,35,39,45-47,50-53,55-56,59-61H,3-16,18-19,21-27,29-31,33-34,36-38,40-44H2,1-2H3,(H,54,57)/b20-17-,32-28-,39-35+. The van der Waals surface area contributed by atoms with Crippen LogP contribution in [0.15, 0.2) is 36.5 Å². The Morgan fingerprint density at radius 1 is 0.578 bits per heavy atom. The molecule has 1 saturated heterocycles. The molecule has 7 atom stereocenters. The van der Waals surface area contributed by atoms with Gasteiger partial charge in [0.2, 0.25) is 5.91 Å². The molecule has 0 aromatic carbocycles. The van der Waals surface area contributed by atoms with Crippen molar-refractivity contribution in [3.8, 4) is 0 Å². The van der Waals surface area contributed by atoms with Crippen LogP contribution in [0.1, 0.15) is 226 Å². The Labute approximate surface area is 390 Å². The summed E-state index contributed by atoms with van der Waals surface area (Å²) in [5.41, 5.74) is 0. The molecular formula is C53H97NO10. The fourth-order valence-electron chi connectivity index (χ4n) is 8.01. The molecule has 1 aliphatic heterocycles. The molecule has 0 saturated carbocycles. The van der Waals surface area contributed by atoms with E-state index in [-0.39, 0.29) is 24.9 Å². The quantitative estimate of drug-likeness (QED) is 0.0196. The average molecular weight is 908 g/mol. The zero-order valence-electron chi connectivity index (χ0n) is 40.7. The van der Waals surface area contributed by atoms with Crippen molar-refractivity contribution in [2.24, 2.45) is 0 Å². The fraction of sp³-hybridized carbons (Fsp3) is 0.849. The summed E-state index contributed by atoms with van der Waals surface area (Å²) in [5.74, 6) is -0.303. The Hall–Kier alpha value is -2.12. The van der Waals surface area contributed by atoms with Crippen molar-refractivity contribution in [2.75, 3.05) is 19.8 Å². The summed E-state index contributed by atoms with van der Waals surface area (Å²) in [6, 6.07) is -0.852. The second-order valence-electron chi connectivity index (χ2n) is 18.2. The van der Waals surface area contributed by atoms with Gasteiger partial charge < -0.3 is 45.1 Å². The van der Waals surface area contributed by atoms with Crippen LogP contribution in [0.5, 0.6) is 0 Å². The van der Waals surface area contributed by atoms with Gasteiger partial charge in [0.25, 0.3) is 0 Å². The van der Waals surface area contributed by atoms with Crippen molar-refractivity contribution < 1.29 is 49.3 Å². The van der Waals surface area contributed by atoms with Gasteiger partial charge in [-0.1, -0.05) is 198 Å². The van der Waals surface area contributed by atoms with E-state index in [1.807, 2.05) is 18.2 Å². The van der Waals surface area contributed by atoms with Gasteiger partial charge in [0.1, 0.15) is 24.4 Å². The van der Waals surface area contributed by atoms with Crippen molar-refractivity contribution in [3.63, 3.8) is 0 Å². The number of rotatable bonds is 44. The number of unbranched alkanes of at least 4 members (excludes halogenated alkanes) is 26. The molecule has 0 aromatic heterocycles. The highest BCUT2D eigenvalue weighted by Crippen LogP contribution is 2.23. The second-order valence-corrected chi connectivity index (χ2v) is 18.2. The number of aliphatic hydroxyl groups is 5. The van der Waals surface area contributed by atoms with Crippen molar-refractivity contribution >= 4 is 11.9 Å². The molecule has 1 amide bonds. The largest absolute Gasteiger partial charge is 0.466 e. The minimum absolute atomic E-state index is 0.0379. The van der Waals surface area contributed by atoms with E-state index >= 15 is 0 Å². The lowest BCUT2D eigenvalue weighted by Crippen LogP contribution is -2.60. The number of amides is 1. The summed E-state index contributed by atoms with van der Waals surface area (Å²) in [5, 5.41) is 54.0. The first-order chi connectivity index (χ1) is 31.2. The van der Waals surface area contributed by atoms with E-state index in [0.29, 0.717) is 19.4 Å². The third kappa shape index (κ3) is 33.4. The summed E-state index contributed by atoms with van der Waals surface area (Å²) in [6.45, 7) is 4.21. The highest BCUT2D eigenvalue weighted by Gasteiger charge is 2.44. The number of aliphatic hydroxyl groups excluding tert-OH is 5. The van der Waals surface area contributed by atoms with E-state index in [4.69, 9.17) is 14.2 Å². The van der Waals surface area contributed by atoms with Crippen LogP contribution in [0.4, 0.5) is 0 Å². The van der Waals surface area contributed by atoms with Crippen LogP contribution in [0, 0.1) is 0 Å². The predicted octanol–water partition coefficient (Wildman–Crippen LogP) is 10.8. The molecule has 11 nitrogen and oxygen atoms in total. The van der Waals surface area contributed by atoms with Crippen molar-refractivity contribution in [3.05, 3.63) is 36.5 Å². The molecule has 0 aromatic rings. The predicted molar refractivity (Wildman–Crippen MR) is 260 cm³/mol. The van der Waals surface area contributed by atoms with Crippen LogP contribution in [0.2, 0.25) is 0 Å². The summed E-state index contributed by atoms with van der Waals surface area (Å²) < 4.78 is 16.6. The van der Waals surface area contributed by atoms with Crippen molar-refractivity contribution in [1.29, 1.82) is 0 Å². The van der Waals surface area contributed by atoms with Gasteiger partial charge in [0, 0.05) is 12.8 Å². The van der Waals surface area contributed by atoms with E-state index in [9.17, 15) is 35.1 Å². The maximum atomic E-state index is 12.9. The van der Waals surface area contributed by atoms with Crippen LogP contribution >= 0.6 is 0 Å². The SMILES string of the molecule is CCCCCCCCC/C=C/C(O)C(COC1OC(CO)C(O)C(O)C1O)NC(=O)CC/C=C\C/C=C\CCCCCCCCOC(=O)CCCCCCCCCCCCCCCC. The number of allylic oxidation sites excluding steroid dienone is 5. The van der Waals surface area contributed by atoms with Gasteiger partial charge in [-0.25, -0.2) is 0 Å². The Balaban J connectivity index is 2.17. The highest BCUT2D eigenvalue weighted by atomic mass is 16.7. The fourth-order valence-corrected chi connectivity index (χ4v) is 8.01. The van der Waals surface area contributed by atoms with Gasteiger partial charge in [-0.3, -0.25) is 9.59 Å².